The average Bonchev–Trinajstić information content (AvgIpc) is 2.52. The number of hydrogen-bond acceptors (Lipinski definition) is 7. The second-order valence-electron chi connectivity index (χ2n) is 4.59. The first-order chi connectivity index (χ1) is 11.1. The number of amides is 1. The Morgan fingerprint density at radius 1 is 0.870 bits per heavy atom. The molecular weight excluding hydrogens is 304 g/mol. The van der Waals surface area contributed by atoms with Crippen LogP contribution in [0.5, 0.6) is 0 Å². The van der Waals surface area contributed by atoms with Crippen molar-refractivity contribution >= 4 is 6.09 Å². The standard InChI is InChI=1S/C14H20N4O5/c15-4-1-7-21-10-14(18-13(19)20,11-22-8-2-5-16)12-23-9-3-6-17/h18H,1-3,7-12H2,(H,19,20). The lowest BCUT2D eigenvalue weighted by Crippen LogP contribution is -2.58. The number of carbonyl (C=O) groups is 1. The molecule has 2 N–H and O–H groups in total. The fraction of sp³-hybridized carbons (Fsp3) is 0.714. The van der Waals surface area contributed by atoms with Crippen molar-refractivity contribution in [2.24, 2.45) is 0 Å². The molecule has 0 aromatic heterocycles. The van der Waals surface area contributed by atoms with Crippen LogP contribution in [0, 0.1) is 34.0 Å². The number of ether oxygens (including phenoxy) is 3. The van der Waals surface area contributed by atoms with Crippen LogP contribution in [0.15, 0.2) is 0 Å². The molecule has 0 saturated carbocycles. The zero-order valence-electron chi connectivity index (χ0n) is 12.8. The van der Waals surface area contributed by atoms with Crippen molar-refractivity contribution in [2.45, 2.75) is 24.8 Å². The van der Waals surface area contributed by atoms with E-state index in [0.717, 1.165) is 0 Å². The van der Waals surface area contributed by atoms with E-state index in [1.54, 1.807) is 0 Å². The molecule has 0 fully saturated rings. The van der Waals surface area contributed by atoms with Gasteiger partial charge in [0.15, 0.2) is 0 Å². The summed E-state index contributed by atoms with van der Waals surface area (Å²) in [5.41, 5.74) is -1.17. The number of hydrogen-bond donors (Lipinski definition) is 2. The summed E-state index contributed by atoms with van der Waals surface area (Å²) in [6.45, 7) is 0.280. The monoisotopic (exact) mass is 324 g/mol. The van der Waals surface area contributed by atoms with E-state index in [-0.39, 0.29) is 58.9 Å². The molecule has 23 heavy (non-hydrogen) atoms. The van der Waals surface area contributed by atoms with Gasteiger partial charge in [-0.25, -0.2) is 4.79 Å². The van der Waals surface area contributed by atoms with Gasteiger partial charge in [-0.1, -0.05) is 0 Å². The van der Waals surface area contributed by atoms with Crippen LogP contribution in [-0.2, 0) is 14.2 Å². The molecule has 0 spiro atoms. The third-order valence-corrected chi connectivity index (χ3v) is 2.58. The molecule has 0 unspecified atom stereocenters. The van der Waals surface area contributed by atoms with Gasteiger partial charge in [0.05, 0.1) is 77.1 Å². The molecular formula is C14H20N4O5. The van der Waals surface area contributed by atoms with Crippen LogP contribution in [0.3, 0.4) is 0 Å². The first kappa shape index (κ1) is 20.6. The molecule has 0 atom stereocenters. The maximum absolute atomic E-state index is 11.0. The largest absolute Gasteiger partial charge is 0.465 e. The highest BCUT2D eigenvalue weighted by Gasteiger charge is 2.33. The normalized spacial score (nSPS) is 10.3. The Hall–Kier alpha value is -2.38. The minimum Gasteiger partial charge on any atom is -0.465 e. The van der Waals surface area contributed by atoms with E-state index in [4.69, 9.17) is 35.1 Å². The highest BCUT2D eigenvalue weighted by atomic mass is 16.5. The van der Waals surface area contributed by atoms with Gasteiger partial charge in [-0.05, 0) is 0 Å². The topological polar surface area (TPSA) is 148 Å². The van der Waals surface area contributed by atoms with E-state index in [1.165, 1.54) is 0 Å². The van der Waals surface area contributed by atoms with E-state index in [0.29, 0.717) is 0 Å². The molecule has 0 aliphatic carbocycles. The smallest absolute Gasteiger partial charge is 0.405 e. The highest BCUT2D eigenvalue weighted by molar-refractivity contribution is 5.65. The fourth-order valence-corrected chi connectivity index (χ4v) is 1.62. The van der Waals surface area contributed by atoms with Crippen LogP contribution < -0.4 is 5.32 Å². The Morgan fingerprint density at radius 2 is 1.22 bits per heavy atom. The molecule has 0 saturated heterocycles. The number of rotatable bonds is 13. The van der Waals surface area contributed by atoms with E-state index < -0.39 is 11.6 Å². The lowest BCUT2D eigenvalue weighted by atomic mass is 10.0. The summed E-state index contributed by atoms with van der Waals surface area (Å²) in [6, 6.07) is 5.75. The molecule has 0 bridgehead atoms. The van der Waals surface area contributed by atoms with Crippen molar-refractivity contribution in [3.05, 3.63) is 0 Å². The molecule has 0 aliphatic rings. The van der Waals surface area contributed by atoms with E-state index in [9.17, 15) is 4.79 Å². The van der Waals surface area contributed by atoms with Crippen molar-refractivity contribution in [3.63, 3.8) is 0 Å². The minimum absolute atomic E-state index is 0.0555. The Labute approximate surface area is 135 Å². The molecule has 0 aliphatic heterocycles. The van der Waals surface area contributed by atoms with Gasteiger partial charge in [0.2, 0.25) is 0 Å². The van der Waals surface area contributed by atoms with Crippen LogP contribution in [0.4, 0.5) is 4.79 Å². The van der Waals surface area contributed by atoms with Gasteiger partial charge in [0.1, 0.15) is 5.54 Å². The summed E-state index contributed by atoms with van der Waals surface area (Å²) in [4.78, 5) is 11.0. The average molecular weight is 324 g/mol. The molecule has 9 nitrogen and oxygen atoms in total. The summed E-state index contributed by atoms with van der Waals surface area (Å²) in [6.07, 6.45) is -0.753. The van der Waals surface area contributed by atoms with Crippen LogP contribution in [-0.4, -0.2) is 56.4 Å². The molecule has 0 heterocycles. The molecule has 0 aromatic rings. The van der Waals surface area contributed by atoms with E-state index >= 15 is 0 Å². The van der Waals surface area contributed by atoms with Gasteiger partial charge < -0.3 is 24.6 Å². The van der Waals surface area contributed by atoms with E-state index in [1.807, 2.05) is 18.2 Å². The molecule has 0 rings (SSSR count). The van der Waals surface area contributed by atoms with Crippen molar-refractivity contribution in [3.8, 4) is 18.2 Å². The summed E-state index contributed by atoms with van der Waals surface area (Å²) < 4.78 is 15.9. The Kier molecular flexibility index (Phi) is 11.9. The van der Waals surface area contributed by atoms with Gasteiger partial charge >= 0.3 is 6.09 Å². The zero-order chi connectivity index (χ0) is 17.4. The van der Waals surface area contributed by atoms with Crippen molar-refractivity contribution < 1.29 is 24.1 Å². The van der Waals surface area contributed by atoms with Gasteiger partial charge in [-0.15, -0.1) is 0 Å². The van der Waals surface area contributed by atoms with Crippen LogP contribution in [0.1, 0.15) is 19.3 Å². The molecule has 126 valence electrons. The Bertz CT molecular complexity index is 408. The molecule has 0 radical (unpaired) electrons. The Morgan fingerprint density at radius 3 is 1.48 bits per heavy atom. The van der Waals surface area contributed by atoms with Gasteiger partial charge in [-0.2, -0.15) is 15.8 Å². The van der Waals surface area contributed by atoms with Crippen LogP contribution in [0.25, 0.3) is 0 Å². The van der Waals surface area contributed by atoms with Crippen molar-refractivity contribution in [2.75, 3.05) is 39.6 Å². The summed E-state index contributed by atoms with van der Waals surface area (Å²) in [7, 11) is 0. The quantitative estimate of drug-likeness (QED) is 0.472. The predicted molar refractivity (Wildman–Crippen MR) is 77.0 cm³/mol. The third-order valence-electron chi connectivity index (χ3n) is 2.58. The second-order valence-corrected chi connectivity index (χ2v) is 4.59. The maximum Gasteiger partial charge on any atom is 0.405 e. The molecule has 9 heteroatoms. The summed E-state index contributed by atoms with van der Waals surface area (Å²) in [5, 5.41) is 36.8. The number of nitriles is 3. The van der Waals surface area contributed by atoms with Gasteiger partial charge in [0.25, 0.3) is 0 Å². The third kappa shape index (κ3) is 10.9. The molecule has 1 amide bonds. The Balaban J connectivity index is 4.73. The number of nitrogens with one attached hydrogen (secondary N) is 1. The SMILES string of the molecule is N#CCCOCC(COCCC#N)(COCCC#N)NC(=O)O. The maximum atomic E-state index is 11.0. The number of nitrogens with zero attached hydrogens (tertiary/aromatic N) is 3. The minimum atomic E-state index is -1.28. The van der Waals surface area contributed by atoms with Crippen LogP contribution in [0.2, 0.25) is 0 Å². The summed E-state index contributed by atoms with van der Waals surface area (Å²) >= 11 is 0. The second kappa shape index (κ2) is 13.3. The van der Waals surface area contributed by atoms with Gasteiger partial charge in [-0.3, -0.25) is 0 Å². The van der Waals surface area contributed by atoms with E-state index in [2.05, 4.69) is 5.32 Å². The first-order valence-corrected chi connectivity index (χ1v) is 6.95. The van der Waals surface area contributed by atoms with Crippen molar-refractivity contribution in [1.82, 2.24) is 5.32 Å². The zero-order valence-corrected chi connectivity index (χ0v) is 12.8. The lowest BCUT2D eigenvalue weighted by Gasteiger charge is -2.32. The summed E-state index contributed by atoms with van der Waals surface area (Å²) in [5.74, 6) is 0. The first-order valence-electron chi connectivity index (χ1n) is 6.95. The molecule has 0 aromatic carbocycles. The van der Waals surface area contributed by atoms with Crippen LogP contribution >= 0.6 is 0 Å². The highest BCUT2D eigenvalue weighted by Crippen LogP contribution is 2.10. The van der Waals surface area contributed by atoms with Gasteiger partial charge in [0, 0.05) is 0 Å². The lowest BCUT2D eigenvalue weighted by molar-refractivity contribution is -0.0348. The fourth-order valence-electron chi connectivity index (χ4n) is 1.62. The number of carboxylic acid groups (broad SMARTS) is 1. The van der Waals surface area contributed by atoms with Crippen molar-refractivity contribution in [1.29, 1.82) is 15.8 Å². The predicted octanol–water partition coefficient (Wildman–Crippen LogP) is 0.784.